The second kappa shape index (κ2) is 3.91. The van der Waals surface area contributed by atoms with Gasteiger partial charge in [-0.05, 0) is 13.6 Å². The molecule has 0 unspecified atom stereocenters. The fourth-order valence-electron chi connectivity index (χ4n) is 1.21. The zero-order chi connectivity index (χ0) is 7.40. The molecule has 1 aliphatic rings. The molecule has 0 aromatic carbocycles. The van der Waals surface area contributed by atoms with Gasteiger partial charge in [0.15, 0.2) is 0 Å². The molecule has 1 fully saturated rings. The minimum atomic E-state index is 0.679. The smallest absolute Gasteiger partial charge is 0.0455 e. The molecule has 0 bridgehead atoms. The molecule has 2 N–H and O–H groups in total. The van der Waals surface area contributed by atoms with Gasteiger partial charge in [0.1, 0.15) is 0 Å². The lowest BCUT2D eigenvalue weighted by Crippen LogP contribution is -2.53. The average Bonchev–Trinajstić information content (AvgIpc) is 2.05. The molecule has 0 atom stereocenters. The van der Waals surface area contributed by atoms with Crippen LogP contribution >= 0.6 is 0 Å². The van der Waals surface area contributed by atoms with Crippen molar-refractivity contribution in [3.05, 3.63) is 0 Å². The normalized spacial score (nSPS) is 21.9. The number of nitrogens with one attached hydrogen (secondary N) is 2. The first-order valence-corrected chi connectivity index (χ1v) is 3.96. The van der Waals surface area contributed by atoms with Gasteiger partial charge < -0.3 is 15.5 Å². The summed E-state index contributed by atoms with van der Waals surface area (Å²) < 4.78 is 0. The summed E-state index contributed by atoms with van der Waals surface area (Å²) in [6.45, 7) is 6.53. The van der Waals surface area contributed by atoms with E-state index in [0.29, 0.717) is 6.04 Å². The van der Waals surface area contributed by atoms with Crippen LogP contribution in [0.1, 0.15) is 6.92 Å². The summed E-state index contributed by atoms with van der Waals surface area (Å²) in [6.07, 6.45) is 0. The van der Waals surface area contributed by atoms with Crippen molar-refractivity contribution >= 4 is 0 Å². The number of hydrogen-bond donors (Lipinski definition) is 2. The van der Waals surface area contributed by atoms with Crippen molar-refractivity contribution in [1.29, 1.82) is 0 Å². The molecule has 0 amide bonds. The van der Waals surface area contributed by atoms with Crippen molar-refractivity contribution in [2.24, 2.45) is 0 Å². The Kier molecular flexibility index (Phi) is 3.12. The second-order valence-electron chi connectivity index (χ2n) is 2.81. The van der Waals surface area contributed by atoms with E-state index >= 15 is 0 Å². The van der Waals surface area contributed by atoms with E-state index in [9.17, 15) is 0 Å². The molecule has 3 nitrogen and oxygen atoms in total. The summed E-state index contributed by atoms with van der Waals surface area (Å²) in [6, 6.07) is 0.679. The SMILES string of the molecule is CCN(C)C1CNCNC1. The van der Waals surface area contributed by atoms with Gasteiger partial charge in [-0.3, -0.25) is 0 Å². The molecule has 1 aliphatic heterocycles. The van der Waals surface area contributed by atoms with Gasteiger partial charge in [0.05, 0.1) is 0 Å². The minimum Gasteiger partial charge on any atom is -0.303 e. The van der Waals surface area contributed by atoms with Gasteiger partial charge in [0.25, 0.3) is 0 Å². The Morgan fingerprint density at radius 3 is 2.50 bits per heavy atom. The van der Waals surface area contributed by atoms with E-state index in [1.165, 1.54) is 0 Å². The van der Waals surface area contributed by atoms with Gasteiger partial charge in [0.2, 0.25) is 0 Å². The van der Waals surface area contributed by atoms with Crippen molar-refractivity contribution in [3.8, 4) is 0 Å². The number of hydrogen-bond acceptors (Lipinski definition) is 3. The Balaban J connectivity index is 2.24. The highest BCUT2D eigenvalue weighted by Gasteiger charge is 2.14. The first-order chi connectivity index (χ1) is 4.84. The zero-order valence-electron chi connectivity index (χ0n) is 6.85. The first kappa shape index (κ1) is 7.98. The lowest BCUT2D eigenvalue weighted by atomic mass is 10.2. The predicted octanol–water partition coefficient (Wildman–Crippen LogP) is -0.543. The molecule has 0 radical (unpaired) electrons. The fourth-order valence-corrected chi connectivity index (χ4v) is 1.21. The van der Waals surface area contributed by atoms with Crippen LogP contribution < -0.4 is 10.6 Å². The van der Waals surface area contributed by atoms with Crippen LogP contribution in [0.3, 0.4) is 0 Å². The largest absolute Gasteiger partial charge is 0.303 e. The molecule has 0 aliphatic carbocycles. The van der Waals surface area contributed by atoms with E-state index in [0.717, 1.165) is 26.3 Å². The molecule has 60 valence electrons. The van der Waals surface area contributed by atoms with Crippen LogP contribution in [0.4, 0.5) is 0 Å². The van der Waals surface area contributed by atoms with E-state index in [1.54, 1.807) is 0 Å². The van der Waals surface area contributed by atoms with E-state index < -0.39 is 0 Å². The Morgan fingerprint density at radius 2 is 2.00 bits per heavy atom. The number of nitrogens with zero attached hydrogens (tertiary/aromatic N) is 1. The van der Waals surface area contributed by atoms with Crippen molar-refractivity contribution in [2.75, 3.05) is 33.4 Å². The van der Waals surface area contributed by atoms with Crippen LogP contribution in [0.5, 0.6) is 0 Å². The Hall–Kier alpha value is -0.120. The molecular weight excluding hydrogens is 126 g/mol. The molecule has 3 heteroatoms. The zero-order valence-corrected chi connectivity index (χ0v) is 6.85. The van der Waals surface area contributed by atoms with Crippen LogP contribution in [0.2, 0.25) is 0 Å². The third kappa shape index (κ3) is 1.94. The molecule has 0 spiro atoms. The quantitative estimate of drug-likeness (QED) is 0.543. The van der Waals surface area contributed by atoms with E-state index in [1.807, 2.05) is 0 Å². The van der Waals surface area contributed by atoms with Crippen LogP contribution in [-0.4, -0.2) is 44.3 Å². The topological polar surface area (TPSA) is 27.3 Å². The molecule has 1 saturated heterocycles. The van der Waals surface area contributed by atoms with Crippen LogP contribution in [0.25, 0.3) is 0 Å². The molecule has 0 aromatic heterocycles. The molecule has 1 rings (SSSR count). The molecular formula is C7H17N3. The second-order valence-corrected chi connectivity index (χ2v) is 2.81. The molecule has 0 saturated carbocycles. The Morgan fingerprint density at radius 1 is 1.40 bits per heavy atom. The highest BCUT2D eigenvalue weighted by molar-refractivity contribution is 4.76. The molecule has 10 heavy (non-hydrogen) atoms. The van der Waals surface area contributed by atoms with Gasteiger partial charge in [-0.1, -0.05) is 6.92 Å². The van der Waals surface area contributed by atoms with Gasteiger partial charge >= 0.3 is 0 Å². The van der Waals surface area contributed by atoms with Gasteiger partial charge in [0, 0.05) is 25.8 Å². The number of rotatable bonds is 2. The van der Waals surface area contributed by atoms with Crippen molar-refractivity contribution in [1.82, 2.24) is 15.5 Å². The third-order valence-corrected chi connectivity index (χ3v) is 2.13. The lowest BCUT2D eigenvalue weighted by Gasteiger charge is -2.31. The Bertz CT molecular complexity index is 88.9. The maximum Gasteiger partial charge on any atom is 0.0455 e. The van der Waals surface area contributed by atoms with Gasteiger partial charge in [-0.15, -0.1) is 0 Å². The van der Waals surface area contributed by atoms with Gasteiger partial charge in [-0.25, -0.2) is 0 Å². The highest BCUT2D eigenvalue weighted by Crippen LogP contribution is 1.94. The fraction of sp³-hybridized carbons (Fsp3) is 1.00. The van der Waals surface area contributed by atoms with Crippen molar-refractivity contribution in [2.45, 2.75) is 13.0 Å². The van der Waals surface area contributed by atoms with Crippen molar-refractivity contribution in [3.63, 3.8) is 0 Å². The van der Waals surface area contributed by atoms with Gasteiger partial charge in [-0.2, -0.15) is 0 Å². The standard InChI is InChI=1S/C7H17N3/c1-3-10(2)7-4-8-6-9-5-7/h7-9H,3-6H2,1-2H3. The maximum atomic E-state index is 3.30. The summed E-state index contributed by atoms with van der Waals surface area (Å²) in [7, 11) is 2.17. The van der Waals surface area contributed by atoms with Crippen LogP contribution in [0.15, 0.2) is 0 Å². The minimum absolute atomic E-state index is 0.679. The summed E-state index contributed by atoms with van der Waals surface area (Å²) in [4.78, 5) is 2.36. The summed E-state index contributed by atoms with van der Waals surface area (Å²) >= 11 is 0. The summed E-state index contributed by atoms with van der Waals surface area (Å²) in [5.41, 5.74) is 0. The molecule has 0 aromatic rings. The van der Waals surface area contributed by atoms with E-state index in [2.05, 4.69) is 29.5 Å². The highest BCUT2D eigenvalue weighted by atomic mass is 15.2. The molecule has 1 heterocycles. The predicted molar refractivity (Wildman–Crippen MR) is 43.0 cm³/mol. The van der Waals surface area contributed by atoms with Crippen LogP contribution in [0, 0.1) is 0 Å². The summed E-state index contributed by atoms with van der Waals surface area (Å²) in [5.74, 6) is 0. The monoisotopic (exact) mass is 143 g/mol. The average molecular weight is 143 g/mol. The lowest BCUT2D eigenvalue weighted by molar-refractivity contribution is 0.216. The number of likely N-dealkylation sites (N-methyl/N-ethyl adjacent to an activating group) is 1. The first-order valence-electron chi connectivity index (χ1n) is 3.96. The summed E-state index contributed by atoms with van der Waals surface area (Å²) in [5, 5.41) is 6.59. The van der Waals surface area contributed by atoms with E-state index in [4.69, 9.17) is 0 Å². The van der Waals surface area contributed by atoms with Crippen molar-refractivity contribution < 1.29 is 0 Å². The van der Waals surface area contributed by atoms with Crippen LogP contribution in [-0.2, 0) is 0 Å². The third-order valence-electron chi connectivity index (χ3n) is 2.13. The maximum absolute atomic E-state index is 3.30. The Labute approximate surface area is 62.8 Å². The van der Waals surface area contributed by atoms with E-state index in [-0.39, 0.29) is 0 Å².